The first kappa shape index (κ1) is 24.9. The Morgan fingerprint density at radius 2 is 1.87 bits per heavy atom. The predicted octanol–water partition coefficient (Wildman–Crippen LogP) is 2.69. The van der Waals surface area contributed by atoms with Crippen LogP contribution in [0.1, 0.15) is 25.8 Å². The zero-order chi connectivity index (χ0) is 23.2. The number of methoxy groups -OCH3 is 1. The Hall–Kier alpha value is -2.33. The molecule has 3 atom stereocenters. The van der Waals surface area contributed by atoms with E-state index in [9.17, 15) is 18.0 Å². The van der Waals surface area contributed by atoms with Crippen molar-refractivity contribution < 1.29 is 37.3 Å². The average molecular weight is 446 g/mol. The Morgan fingerprint density at radius 3 is 2.39 bits per heavy atom. The van der Waals surface area contributed by atoms with Crippen molar-refractivity contribution in [2.45, 2.75) is 45.2 Å². The van der Waals surface area contributed by atoms with E-state index in [0.717, 1.165) is 38.3 Å². The molecule has 1 aromatic carbocycles. The van der Waals surface area contributed by atoms with Crippen molar-refractivity contribution in [3.8, 4) is 5.75 Å². The van der Waals surface area contributed by atoms with Crippen LogP contribution in [0.2, 0.25) is 0 Å². The van der Waals surface area contributed by atoms with Crippen molar-refractivity contribution in [2.75, 3.05) is 26.7 Å². The number of likely N-dealkylation sites (tertiary alicyclic amines) is 1. The maximum atomic E-state index is 12.4. The van der Waals surface area contributed by atoms with E-state index in [0.29, 0.717) is 5.92 Å². The molecule has 0 unspecified atom stereocenters. The third kappa shape index (κ3) is 7.70. The number of morpholine rings is 1. The molecule has 31 heavy (non-hydrogen) atoms. The van der Waals surface area contributed by atoms with Gasteiger partial charge in [0.05, 0.1) is 25.2 Å². The Morgan fingerprint density at radius 1 is 1.26 bits per heavy atom. The number of aliphatic carboxylic acids is 1. The van der Waals surface area contributed by atoms with Gasteiger partial charge in [0.1, 0.15) is 5.75 Å². The first-order chi connectivity index (χ1) is 14.5. The lowest BCUT2D eigenvalue weighted by atomic mass is 9.99. The molecule has 0 radical (unpaired) electrons. The van der Waals surface area contributed by atoms with Gasteiger partial charge in [-0.25, -0.2) is 4.79 Å². The van der Waals surface area contributed by atoms with Gasteiger partial charge in [-0.2, -0.15) is 13.2 Å². The molecule has 174 valence electrons. The highest BCUT2D eigenvalue weighted by molar-refractivity contribution is 5.79. The Bertz CT molecular complexity index is 740. The van der Waals surface area contributed by atoms with Gasteiger partial charge in [-0.05, 0) is 30.0 Å². The van der Waals surface area contributed by atoms with Crippen LogP contribution in [0.15, 0.2) is 24.3 Å². The summed E-state index contributed by atoms with van der Waals surface area (Å²) in [5, 5.41) is 10.2. The lowest BCUT2D eigenvalue weighted by molar-refractivity contribution is -0.192. The minimum atomic E-state index is -5.08. The highest BCUT2D eigenvalue weighted by Gasteiger charge is 2.44. The zero-order valence-corrected chi connectivity index (χ0v) is 17.8. The summed E-state index contributed by atoms with van der Waals surface area (Å²) in [5.74, 6) is -1.26. The van der Waals surface area contributed by atoms with Gasteiger partial charge in [-0.15, -0.1) is 0 Å². The number of carbonyl (C=O) groups is 2. The van der Waals surface area contributed by atoms with E-state index in [1.807, 2.05) is 12.1 Å². The summed E-state index contributed by atoms with van der Waals surface area (Å²) in [6.45, 7) is 7.57. The van der Waals surface area contributed by atoms with E-state index in [1.165, 1.54) is 5.56 Å². The van der Waals surface area contributed by atoms with Gasteiger partial charge in [0.15, 0.2) is 0 Å². The maximum absolute atomic E-state index is 12.4. The molecule has 0 saturated carbocycles. The highest BCUT2D eigenvalue weighted by Crippen LogP contribution is 2.32. The smallest absolute Gasteiger partial charge is 0.490 e. The number of hydrogen-bond donors (Lipinski definition) is 2. The van der Waals surface area contributed by atoms with E-state index in [-0.39, 0.29) is 24.0 Å². The van der Waals surface area contributed by atoms with E-state index in [2.05, 4.69) is 36.2 Å². The Kier molecular flexibility index (Phi) is 8.69. The Balaban J connectivity index is 0.000000423. The van der Waals surface area contributed by atoms with Crippen LogP contribution < -0.4 is 10.1 Å². The van der Waals surface area contributed by atoms with Crippen molar-refractivity contribution in [3.05, 3.63) is 29.8 Å². The number of carboxylic acids is 1. The van der Waals surface area contributed by atoms with Gasteiger partial charge in [0.25, 0.3) is 0 Å². The van der Waals surface area contributed by atoms with Crippen molar-refractivity contribution in [1.29, 1.82) is 0 Å². The van der Waals surface area contributed by atoms with Gasteiger partial charge in [-0.1, -0.05) is 26.0 Å². The molecule has 2 aliphatic rings. The number of ether oxygens (including phenoxy) is 2. The van der Waals surface area contributed by atoms with Gasteiger partial charge in [0.2, 0.25) is 5.91 Å². The highest BCUT2D eigenvalue weighted by atomic mass is 19.4. The SMILES string of the molecule is COc1ccc(CN2C[C@H]3C[C@H](C(=O)NCC(C)C)[C@@H](C2)O3)cc1.O=C(O)C(F)(F)F. The van der Waals surface area contributed by atoms with Crippen molar-refractivity contribution >= 4 is 11.9 Å². The number of fused-ring (bicyclic) bond motifs is 2. The van der Waals surface area contributed by atoms with Gasteiger partial charge in [-0.3, -0.25) is 9.69 Å². The Labute approximate surface area is 179 Å². The monoisotopic (exact) mass is 446 g/mol. The van der Waals surface area contributed by atoms with Gasteiger partial charge >= 0.3 is 12.1 Å². The lowest BCUT2D eigenvalue weighted by Crippen LogP contribution is -2.45. The van der Waals surface area contributed by atoms with Gasteiger partial charge < -0.3 is 19.9 Å². The summed E-state index contributed by atoms with van der Waals surface area (Å²) in [6, 6.07) is 8.19. The quantitative estimate of drug-likeness (QED) is 0.699. The number of carbonyl (C=O) groups excluding carboxylic acids is 1. The van der Waals surface area contributed by atoms with Crippen LogP contribution in [0.25, 0.3) is 0 Å². The third-order valence-corrected chi connectivity index (χ3v) is 5.06. The molecular weight excluding hydrogens is 417 g/mol. The molecule has 2 bridgehead atoms. The predicted molar refractivity (Wildman–Crippen MR) is 107 cm³/mol. The summed E-state index contributed by atoms with van der Waals surface area (Å²) in [7, 11) is 1.68. The number of carboxylic acid groups (broad SMARTS) is 1. The molecule has 0 spiro atoms. The molecule has 2 aliphatic heterocycles. The summed E-state index contributed by atoms with van der Waals surface area (Å²) >= 11 is 0. The molecule has 1 aromatic rings. The zero-order valence-electron chi connectivity index (χ0n) is 17.8. The van der Waals surface area contributed by atoms with E-state index >= 15 is 0 Å². The van der Waals surface area contributed by atoms with Crippen molar-refractivity contribution in [1.82, 2.24) is 10.2 Å². The third-order valence-electron chi connectivity index (χ3n) is 5.06. The molecule has 1 amide bonds. The summed E-state index contributed by atoms with van der Waals surface area (Å²) in [6.07, 6.45) is -4.04. The minimum absolute atomic E-state index is 0.00498. The second kappa shape index (κ2) is 10.8. The molecule has 2 heterocycles. The number of nitrogens with one attached hydrogen (secondary N) is 1. The first-order valence-corrected chi connectivity index (χ1v) is 10.1. The standard InChI is InChI=1S/C19H28N2O3.C2HF3O2/c1-13(2)9-20-19(22)17-8-16-11-21(12-18(17)24-16)10-14-4-6-15(23-3)7-5-14;3-2(4,5)1(6)7/h4-7,13,16-18H,8-12H2,1-3H3,(H,20,22);(H,6,7)/t16-,17+,18-;/m1./s1. The fraction of sp³-hybridized carbons (Fsp3) is 0.619. The molecule has 10 heteroatoms. The summed E-state index contributed by atoms with van der Waals surface area (Å²) < 4.78 is 43.0. The second-order valence-corrected chi connectivity index (χ2v) is 8.12. The molecule has 3 rings (SSSR count). The van der Waals surface area contributed by atoms with E-state index in [1.54, 1.807) is 7.11 Å². The molecule has 7 nitrogen and oxygen atoms in total. The number of nitrogens with zero attached hydrogens (tertiary/aromatic N) is 1. The number of alkyl halides is 3. The minimum Gasteiger partial charge on any atom is -0.497 e. The molecule has 2 fully saturated rings. The molecule has 0 aromatic heterocycles. The largest absolute Gasteiger partial charge is 0.497 e. The topological polar surface area (TPSA) is 88.1 Å². The number of halogens is 3. The molecule has 2 N–H and O–H groups in total. The molecular formula is C21H29F3N2O5. The number of hydrogen-bond acceptors (Lipinski definition) is 5. The van der Waals surface area contributed by atoms with Gasteiger partial charge in [0, 0.05) is 26.2 Å². The number of rotatable bonds is 6. The van der Waals surface area contributed by atoms with Crippen LogP contribution in [0.5, 0.6) is 5.75 Å². The normalized spacial score (nSPS) is 23.1. The van der Waals surface area contributed by atoms with Crippen LogP contribution in [0, 0.1) is 11.8 Å². The molecule has 2 saturated heterocycles. The lowest BCUT2D eigenvalue weighted by Gasteiger charge is -2.32. The van der Waals surface area contributed by atoms with Crippen LogP contribution in [0.3, 0.4) is 0 Å². The average Bonchev–Trinajstić information content (AvgIpc) is 3.00. The fourth-order valence-corrected chi connectivity index (χ4v) is 3.57. The molecule has 0 aliphatic carbocycles. The number of amides is 1. The van der Waals surface area contributed by atoms with Crippen LogP contribution in [-0.4, -0.2) is 67.0 Å². The fourth-order valence-electron chi connectivity index (χ4n) is 3.57. The first-order valence-electron chi connectivity index (χ1n) is 10.1. The van der Waals surface area contributed by atoms with E-state index in [4.69, 9.17) is 19.4 Å². The maximum Gasteiger partial charge on any atom is 0.490 e. The second-order valence-electron chi connectivity index (χ2n) is 8.12. The van der Waals surface area contributed by atoms with Crippen molar-refractivity contribution in [2.24, 2.45) is 11.8 Å². The summed E-state index contributed by atoms with van der Waals surface area (Å²) in [4.78, 5) is 23.7. The van der Waals surface area contributed by atoms with Crippen LogP contribution in [0.4, 0.5) is 13.2 Å². The van der Waals surface area contributed by atoms with E-state index < -0.39 is 12.1 Å². The number of benzene rings is 1. The van der Waals surface area contributed by atoms with Crippen molar-refractivity contribution in [3.63, 3.8) is 0 Å². The summed E-state index contributed by atoms with van der Waals surface area (Å²) in [5.41, 5.74) is 1.26. The van der Waals surface area contributed by atoms with Crippen LogP contribution in [-0.2, 0) is 20.9 Å². The van der Waals surface area contributed by atoms with Crippen LogP contribution >= 0.6 is 0 Å².